The molecule has 2 N–H and O–H groups in total. The fourth-order valence-electron chi connectivity index (χ4n) is 3.26. The average Bonchev–Trinajstić information content (AvgIpc) is 3.14. The number of nitrogens with one attached hydrogen (secondary N) is 2. The van der Waals surface area contributed by atoms with Crippen molar-refractivity contribution in [2.45, 2.75) is 44.1 Å². The van der Waals surface area contributed by atoms with E-state index in [9.17, 15) is 9.59 Å². The van der Waals surface area contributed by atoms with Gasteiger partial charge in [-0.15, -0.1) is 0 Å². The van der Waals surface area contributed by atoms with Crippen LogP contribution in [0.2, 0.25) is 0 Å². The van der Waals surface area contributed by atoms with Crippen LogP contribution in [0, 0.1) is 0 Å². The summed E-state index contributed by atoms with van der Waals surface area (Å²) in [6.45, 7) is 0. The Hall–Kier alpha value is -3.36. The van der Waals surface area contributed by atoms with Gasteiger partial charge < -0.3 is 14.8 Å². The van der Waals surface area contributed by atoms with Crippen LogP contribution in [0.1, 0.15) is 43.2 Å². The molecule has 28 heavy (non-hydrogen) atoms. The molecule has 1 saturated carbocycles. The number of carbonyl (C=O) groups excluding carboxylic acids is 1. The molecule has 1 aliphatic rings. The first kappa shape index (κ1) is 18.0. The van der Waals surface area contributed by atoms with E-state index in [0.717, 1.165) is 24.1 Å². The van der Waals surface area contributed by atoms with Gasteiger partial charge in [0.25, 0.3) is 5.56 Å². The van der Waals surface area contributed by atoms with Crippen LogP contribution < -0.4 is 10.9 Å². The summed E-state index contributed by atoms with van der Waals surface area (Å²) < 4.78 is 5.24. The predicted molar refractivity (Wildman–Crippen MR) is 99.2 cm³/mol. The number of hydrogen-bond donors (Lipinski definition) is 2. The fourth-order valence-corrected chi connectivity index (χ4v) is 3.26. The molecule has 9 nitrogen and oxygen atoms in total. The summed E-state index contributed by atoms with van der Waals surface area (Å²) in [6.07, 6.45) is 7.96. The third-order valence-electron chi connectivity index (χ3n) is 4.82. The molecular formula is C19H20N6O3. The van der Waals surface area contributed by atoms with Crippen molar-refractivity contribution in [1.82, 2.24) is 30.4 Å². The molecule has 0 aromatic carbocycles. The zero-order valence-corrected chi connectivity index (χ0v) is 15.2. The summed E-state index contributed by atoms with van der Waals surface area (Å²) in [5, 5.41) is 6.98. The highest BCUT2D eigenvalue weighted by Gasteiger charge is 2.32. The van der Waals surface area contributed by atoms with Gasteiger partial charge in [-0.2, -0.15) is 4.98 Å². The van der Waals surface area contributed by atoms with E-state index in [1.54, 1.807) is 12.4 Å². The second-order valence-corrected chi connectivity index (χ2v) is 6.87. The molecular weight excluding hydrogens is 360 g/mol. The first-order valence-electron chi connectivity index (χ1n) is 9.24. The van der Waals surface area contributed by atoms with Gasteiger partial charge in [-0.1, -0.05) is 5.16 Å². The number of pyridine rings is 1. The molecule has 1 aliphatic carbocycles. The summed E-state index contributed by atoms with van der Waals surface area (Å²) in [5.74, 6) is 1.29. The zero-order valence-electron chi connectivity index (χ0n) is 15.2. The Morgan fingerprint density at radius 1 is 1.29 bits per heavy atom. The highest BCUT2D eigenvalue weighted by atomic mass is 16.5. The Labute approximate surface area is 160 Å². The van der Waals surface area contributed by atoms with E-state index >= 15 is 0 Å². The van der Waals surface area contributed by atoms with Crippen LogP contribution in [-0.4, -0.2) is 37.0 Å². The van der Waals surface area contributed by atoms with Gasteiger partial charge in [0.05, 0.1) is 12.0 Å². The topological polar surface area (TPSA) is 127 Å². The number of aromatic amines is 1. The van der Waals surface area contributed by atoms with Crippen molar-refractivity contribution in [3.05, 3.63) is 58.9 Å². The van der Waals surface area contributed by atoms with Gasteiger partial charge in [-0.05, 0) is 31.4 Å². The lowest BCUT2D eigenvalue weighted by molar-refractivity contribution is -0.122. The maximum absolute atomic E-state index is 12.1. The first-order valence-corrected chi connectivity index (χ1v) is 9.24. The van der Waals surface area contributed by atoms with Crippen molar-refractivity contribution in [3.63, 3.8) is 0 Å². The number of aryl methyl sites for hydroxylation is 1. The van der Waals surface area contributed by atoms with Crippen molar-refractivity contribution in [1.29, 1.82) is 0 Å². The maximum Gasteiger partial charge on any atom is 0.250 e. The number of rotatable bonds is 7. The van der Waals surface area contributed by atoms with E-state index in [2.05, 4.69) is 30.4 Å². The van der Waals surface area contributed by atoms with Gasteiger partial charge in [0.1, 0.15) is 0 Å². The molecule has 9 heteroatoms. The van der Waals surface area contributed by atoms with Gasteiger partial charge in [0, 0.05) is 48.8 Å². The molecule has 0 unspecified atom stereocenters. The lowest BCUT2D eigenvalue weighted by Gasteiger charge is -2.35. The minimum absolute atomic E-state index is 0.0104. The molecule has 0 spiro atoms. The number of nitrogens with zero attached hydrogens (tertiary/aromatic N) is 4. The normalized spacial score (nSPS) is 18.4. The van der Waals surface area contributed by atoms with Crippen molar-refractivity contribution in [2.75, 3.05) is 0 Å². The Balaban J connectivity index is 1.18. The summed E-state index contributed by atoms with van der Waals surface area (Å²) in [6, 6.07) is 5.29. The third-order valence-corrected chi connectivity index (χ3v) is 4.82. The van der Waals surface area contributed by atoms with Gasteiger partial charge >= 0.3 is 0 Å². The van der Waals surface area contributed by atoms with Gasteiger partial charge in [-0.25, -0.2) is 4.98 Å². The van der Waals surface area contributed by atoms with Crippen molar-refractivity contribution in [2.24, 2.45) is 0 Å². The second kappa shape index (κ2) is 8.12. The van der Waals surface area contributed by atoms with Crippen LogP contribution in [0.15, 0.2) is 46.2 Å². The lowest BCUT2D eigenvalue weighted by atomic mass is 9.78. The molecule has 3 aromatic heterocycles. The maximum atomic E-state index is 12.1. The van der Waals surface area contributed by atoms with E-state index in [1.165, 1.54) is 12.4 Å². The molecule has 4 rings (SSSR count). The van der Waals surface area contributed by atoms with E-state index in [1.807, 2.05) is 12.1 Å². The Morgan fingerprint density at radius 3 is 2.89 bits per heavy atom. The number of H-pyrrole nitrogens is 1. The van der Waals surface area contributed by atoms with Crippen molar-refractivity contribution < 1.29 is 9.32 Å². The molecule has 3 aromatic rings. The van der Waals surface area contributed by atoms with E-state index in [-0.39, 0.29) is 23.4 Å². The van der Waals surface area contributed by atoms with E-state index in [0.29, 0.717) is 31.0 Å². The first-order chi connectivity index (χ1) is 13.7. The molecule has 0 aliphatic heterocycles. The standard InChI is InChI=1S/C19H20N6O3/c26-16(23-14-8-13(9-14)15-10-17(27)22-11-21-15)2-1-3-18-24-19(25-28-18)12-4-6-20-7-5-12/h4-7,10-11,13-14H,1-3,8-9H2,(H,23,26)(H,21,22,27). The van der Waals surface area contributed by atoms with Gasteiger partial charge in [-0.3, -0.25) is 14.6 Å². The van der Waals surface area contributed by atoms with Crippen LogP contribution in [0.5, 0.6) is 0 Å². The molecule has 1 amide bonds. The summed E-state index contributed by atoms with van der Waals surface area (Å²) in [5.41, 5.74) is 1.48. The van der Waals surface area contributed by atoms with E-state index < -0.39 is 0 Å². The predicted octanol–water partition coefficient (Wildman–Crippen LogP) is 1.60. The highest BCUT2D eigenvalue weighted by Crippen LogP contribution is 2.35. The number of amides is 1. The quantitative estimate of drug-likeness (QED) is 0.637. The summed E-state index contributed by atoms with van der Waals surface area (Å²) in [4.78, 5) is 38.4. The summed E-state index contributed by atoms with van der Waals surface area (Å²) >= 11 is 0. The van der Waals surface area contributed by atoms with Gasteiger partial charge in [0.2, 0.25) is 17.6 Å². The highest BCUT2D eigenvalue weighted by molar-refractivity contribution is 5.76. The molecule has 0 radical (unpaired) electrons. The van der Waals surface area contributed by atoms with Crippen LogP contribution in [-0.2, 0) is 11.2 Å². The molecule has 144 valence electrons. The van der Waals surface area contributed by atoms with Crippen molar-refractivity contribution in [3.8, 4) is 11.4 Å². The number of hydrogen-bond acceptors (Lipinski definition) is 7. The van der Waals surface area contributed by atoms with Crippen LogP contribution in [0.25, 0.3) is 11.4 Å². The molecule has 0 saturated heterocycles. The number of carbonyl (C=O) groups is 1. The van der Waals surface area contributed by atoms with Crippen LogP contribution in [0.4, 0.5) is 0 Å². The molecule has 1 fully saturated rings. The Kier molecular flexibility index (Phi) is 5.22. The number of aromatic nitrogens is 5. The lowest BCUT2D eigenvalue weighted by Crippen LogP contribution is -2.43. The molecule has 0 atom stereocenters. The monoisotopic (exact) mass is 380 g/mol. The van der Waals surface area contributed by atoms with Crippen LogP contribution in [0.3, 0.4) is 0 Å². The largest absolute Gasteiger partial charge is 0.353 e. The minimum Gasteiger partial charge on any atom is -0.353 e. The average molecular weight is 380 g/mol. The fraction of sp³-hybridized carbons (Fsp3) is 0.368. The Morgan fingerprint density at radius 2 is 2.11 bits per heavy atom. The Bertz CT molecular complexity index is 994. The smallest absolute Gasteiger partial charge is 0.250 e. The van der Waals surface area contributed by atoms with Crippen LogP contribution >= 0.6 is 0 Å². The second-order valence-electron chi connectivity index (χ2n) is 6.87. The zero-order chi connectivity index (χ0) is 19.3. The van der Waals surface area contributed by atoms with Crippen molar-refractivity contribution >= 4 is 5.91 Å². The summed E-state index contributed by atoms with van der Waals surface area (Å²) in [7, 11) is 0. The van der Waals surface area contributed by atoms with E-state index in [4.69, 9.17) is 4.52 Å². The molecule has 0 bridgehead atoms. The van der Waals surface area contributed by atoms with Gasteiger partial charge in [0.15, 0.2) is 0 Å². The third kappa shape index (κ3) is 4.30. The SMILES string of the molecule is O=C(CCCc1nc(-c2ccncc2)no1)NC1CC(c2cc(=O)[nH]cn2)C1. The molecule has 3 heterocycles. The minimum atomic E-state index is -0.148.